The van der Waals surface area contributed by atoms with E-state index < -0.39 is 0 Å². The van der Waals surface area contributed by atoms with Crippen molar-refractivity contribution in [2.45, 2.75) is 13.0 Å². The molecule has 0 aliphatic rings. The summed E-state index contributed by atoms with van der Waals surface area (Å²) < 4.78 is 10.6. The van der Waals surface area contributed by atoms with E-state index in [9.17, 15) is 0 Å². The lowest BCUT2D eigenvalue weighted by molar-refractivity contribution is 0.146. The molecule has 3 nitrogen and oxygen atoms in total. The maximum absolute atomic E-state index is 5.60. The molecule has 1 aromatic heterocycles. The lowest BCUT2D eigenvalue weighted by Crippen LogP contribution is -2.06. The van der Waals surface area contributed by atoms with E-state index in [0.717, 1.165) is 11.4 Å². The summed E-state index contributed by atoms with van der Waals surface area (Å²) in [6.45, 7) is 3.33. The molecule has 4 heteroatoms. The van der Waals surface area contributed by atoms with Crippen LogP contribution in [0, 0.1) is 0 Å². The molecule has 0 spiro atoms. The van der Waals surface area contributed by atoms with Gasteiger partial charge in [-0.15, -0.1) is 11.3 Å². The standard InChI is InChI=1S/C15H19NO2S/c1-12(15-7-4-10-19-15)16-13-5-3-6-14(11-13)18-9-8-17-2/h3-7,10-12,16H,8-9H2,1-2H3. The summed E-state index contributed by atoms with van der Waals surface area (Å²) >= 11 is 1.76. The van der Waals surface area contributed by atoms with Crippen molar-refractivity contribution in [1.29, 1.82) is 0 Å². The van der Waals surface area contributed by atoms with E-state index in [0.29, 0.717) is 19.3 Å². The number of hydrogen-bond acceptors (Lipinski definition) is 4. The molecule has 1 unspecified atom stereocenters. The van der Waals surface area contributed by atoms with Crippen molar-refractivity contribution in [2.75, 3.05) is 25.6 Å². The zero-order valence-corrected chi connectivity index (χ0v) is 12.1. The average molecular weight is 277 g/mol. The van der Waals surface area contributed by atoms with Gasteiger partial charge < -0.3 is 14.8 Å². The third-order valence-corrected chi connectivity index (χ3v) is 3.80. The third kappa shape index (κ3) is 4.26. The predicted molar refractivity (Wildman–Crippen MR) is 80.2 cm³/mol. The Morgan fingerprint density at radius 1 is 1.21 bits per heavy atom. The molecule has 0 bridgehead atoms. The average Bonchev–Trinajstić information content (AvgIpc) is 2.93. The zero-order valence-electron chi connectivity index (χ0n) is 11.3. The molecule has 0 saturated carbocycles. The number of rotatable bonds is 7. The highest BCUT2D eigenvalue weighted by atomic mass is 32.1. The topological polar surface area (TPSA) is 30.5 Å². The van der Waals surface area contributed by atoms with Gasteiger partial charge in [0.25, 0.3) is 0 Å². The molecule has 102 valence electrons. The largest absolute Gasteiger partial charge is 0.491 e. The number of nitrogens with one attached hydrogen (secondary N) is 1. The Labute approximate surface area is 118 Å². The highest BCUT2D eigenvalue weighted by molar-refractivity contribution is 7.10. The van der Waals surface area contributed by atoms with Gasteiger partial charge in [-0.25, -0.2) is 0 Å². The van der Waals surface area contributed by atoms with Crippen LogP contribution in [-0.4, -0.2) is 20.3 Å². The first kappa shape index (κ1) is 13.9. The van der Waals surface area contributed by atoms with Crippen molar-refractivity contribution in [3.8, 4) is 5.75 Å². The molecule has 0 radical (unpaired) electrons. The highest BCUT2D eigenvalue weighted by Gasteiger charge is 2.06. The zero-order chi connectivity index (χ0) is 13.5. The number of methoxy groups -OCH3 is 1. The van der Waals surface area contributed by atoms with Crippen LogP contribution in [0.2, 0.25) is 0 Å². The molecule has 0 fully saturated rings. The second-order valence-electron chi connectivity index (χ2n) is 4.25. The van der Waals surface area contributed by atoms with Crippen molar-refractivity contribution >= 4 is 17.0 Å². The molecule has 2 rings (SSSR count). The molecule has 0 saturated heterocycles. The molecule has 0 amide bonds. The number of anilines is 1. The summed E-state index contributed by atoms with van der Waals surface area (Å²) in [5, 5.41) is 5.57. The van der Waals surface area contributed by atoms with E-state index in [1.807, 2.05) is 24.3 Å². The summed E-state index contributed by atoms with van der Waals surface area (Å²) in [4.78, 5) is 1.32. The van der Waals surface area contributed by atoms with E-state index in [1.165, 1.54) is 4.88 Å². The SMILES string of the molecule is COCCOc1cccc(NC(C)c2cccs2)c1. The second-order valence-corrected chi connectivity index (χ2v) is 5.23. The lowest BCUT2D eigenvalue weighted by Gasteiger charge is -2.14. The molecule has 1 heterocycles. The molecule has 1 aromatic carbocycles. The van der Waals surface area contributed by atoms with Gasteiger partial charge >= 0.3 is 0 Å². The van der Waals surface area contributed by atoms with Crippen LogP contribution in [0.5, 0.6) is 5.75 Å². The summed E-state index contributed by atoms with van der Waals surface area (Å²) in [5.41, 5.74) is 1.07. The minimum atomic E-state index is 0.300. The smallest absolute Gasteiger partial charge is 0.121 e. The van der Waals surface area contributed by atoms with Crippen molar-refractivity contribution in [2.24, 2.45) is 0 Å². The van der Waals surface area contributed by atoms with Crippen LogP contribution in [0.25, 0.3) is 0 Å². The van der Waals surface area contributed by atoms with Gasteiger partial charge in [0.05, 0.1) is 12.6 Å². The summed E-state index contributed by atoms with van der Waals surface area (Å²) in [6.07, 6.45) is 0. The Kier molecular flexibility index (Phi) is 5.24. The van der Waals surface area contributed by atoms with Crippen LogP contribution in [0.4, 0.5) is 5.69 Å². The monoisotopic (exact) mass is 277 g/mol. The summed E-state index contributed by atoms with van der Waals surface area (Å²) in [6, 6.07) is 12.5. The van der Waals surface area contributed by atoms with Gasteiger partial charge in [0.2, 0.25) is 0 Å². The molecule has 2 aromatic rings. The molecule has 1 atom stereocenters. The maximum atomic E-state index is 5.60. The van der Waals surface area contributed by atoms with E-state index >= 15 is 0 Å². The van der Waals surface area contributed by atoms with Gasteiger partial charge in [0, 0.05) is 23.7 Å². The van der Waals surface area contributed by atoms with Crippen LogP contribution in [0.15, 0.2) is 41.8 Å². The molecular weight excluding hydrogens is 258 g/mol. The van der Waals surface area contributed by atoms with Crippen LogP contribution in [0.1, 0.15) is 17.8 Å². The van der Waals surface area contributed by atoms with Gasteiger partial charge in [0.15, 0.2) is 0 Å². The molecule has 0 aliphatic heterocycles. The first-order valence-electron chi connectivity index (χ1n) is 6.31. The van der Waals surface area contributed by atoms with Crippen LogP contribution in [-0.2, 0) is 4.74 Å². The van der Waals surface area contributed by atoms with Crippen molar-refractivity contribution in [1.82, 2.24) is 0 Å². The van der Waals surface area contributed by atoms with E-state index in [-0.39, 0.29) is 0 Å². The lowest BCUT2D eigenvalue weighted by atomic mass is 10.2. The van der Waals surface area contributed by atoms with Gasteiger partial charge in [-0.2, -0.15) is 0 Å². The molecular formula is C15H19NO2S. The number of thiophene rings is 1. The maximum Gasteiger partial charge on any atom is 0.121 e. The molecule has 0 aliphatic carbocycles. The quantitative estimate of drug-likeness (QED) is 0.777. The number of hydrogen-bond donors (Lipinski definition) is 1. The molecule has 1 N–H and O–H groups in total. The fourth-order valence-corrected chi connectivity index (χ4v) is 2.51. The van der Waals surface area contributed by atoms with Crippen LogP contribution < -0.4 is 10.1 Å². The van der Waals surface area contributed by atoms with Gasteiger partial charge in [-0.3, -0.25) is 0 Å². The van der Waals surface area contributed by atoms with Crippen LogP contribution >= 0.6 is 11.3 Å². The van der Waals surface area contributed by atoms with Crippen LogP contribution in [0.3, 0.4) is 0 Å². The Balaban J connectivity index is 1.95. The fraction of sp³-hybridized carbons (Fsp3) is 0.333. The van der Waals surface area contributed by atoms with Crippen molar-refractivity contribution in [3.63, 3.8) is 0 Å². The minimum Gasteiger partial charge on any atom is -0.491 e. The first-order chi connectivity index (χ1) is 9.29. The normalized spacial score (nSPS) is 12.1. The Morgan fingerprint density at radius 2 is 2.11 bits per heavy atom. The van der Waals surface area contributed by atoms with Gasteiger partial charge in [-0.1, -0.05) is 12.1 Å². The second kappa shape index (κ2) is 7.16. The summed E-state index contributed by atoms with van der Waals surface area (Å²) in [5.74, 6) is 0.862. The van der Waals surface area contributed by atoms with Crippen molar-refractivity contribution in [3.05, 3.63) is 46.7 Å². The highest BCUT2D eigenvalue weighted by Crippen LogP contribution is 2.25. The van der Waals surface area contributed by atoms with Crippen molar-refractivity contribution < 1.29 is 9.47 Å². The Hall–Kier alpha value is -1.52. The third-order valence-electron chi connectivity index (χ3n) is 2.74. The van der Waals surface area contributed by atoms with E-state index in [4.69, 9.17) is 9.47 Å². The predicted octanol–water partition coefficient (Wildman–Crippen LogP) is 3.95. The summed E-state index contributed by atoms with van der Waals surface area (Å²) in [7, 11) is 1.67. The number of ether oxygens (including phenoxy) is 2. The molecule has 19 heavy (non-hydrogen) atoms. The Bertz CT molecular complexity index is 485. The van der Waals surface area contributed by atoms with Gasteiger partial charge in [-0.05, 0) is 30.5 Å². The fourth-order valence-electron chi connectivity index (χ4n) is 1.78. The van der Waals surface area contributed by atoms with Gasteiger partial charge in [0.1, 0.15) is 12.4 Å². The minimum absolute atomic E-state index is 0.300. The van der Waals surface area contributed by atoms with E-state index in [1.54, 1.807) is 18.4 Å². The first-order valence-corrected chi connectivity index (χ1v) is 7.19. The van der Waals surface area contributed by atoms with E-state index in [2.05, 4.69) is 29.8 Å². The Morgan fingerprint density at radius 3 is 2.84 bits per heavy atom. The number of benzene rings is 1.